The number of benzene rings is 2. The fourth-order valence-electron chi connectivity index (χ4n) is 3.86. The Morgan fingerprint density at radius 2 is 1.70 bits per heavy atom. The number of fused-ring (bicyclic) bond motifs is 1. The van der Waals surface area contributed by atoms with Crippen LogP contribution in [0.2, 0.25) is 0 Å². The van der Waals surface area contributed by atoms with Crippen LogP contribution in [0.3, 0.4) is 0 Å². The van der Waals surface area contributed by atoms with Gasteiger partial charge in [-0.25, -0.2) is 28.6 Å². The van der Waals surface area contributed by atoms with Crippen molar-refractivity contribution in [2.75, 3.05) is 22.5 Å². The number of aryl methyl sites for hydroxylation is 1. The number of carbonyl (C=O) groups excluding carboxylic acids is 1. The number of aromatic nitrogens is 6. The van der Waals surface area contributed by atoms with Crippen molar-refractivity contribution in [3.8, 4) is 11.3 Å². The molecule has 5 aromatic rings. The number of carbonyl (C=O) groups is 2. The molecule has 0 atom stereocenters. The smallest absolute Gasteiger partial charge is 0.475 e. The fraction of sp³-hybridized carbons (Fsp3) is 0.185. The second-order valence-electron chi connectivity index (χ2n) is 9.31. The molecule has 46 heavy (non-hydrogen) atoms. The maximum Gasteiger partial charge on any atom is 0.490 e. The highest BCUT2D eigenvalue weighted by Crippen LogP contribution is 2.32. The van der Waals surface area contributed by atoms with Crippen molar-refractivity contribution in [2.45, 2.75) is 18.8 Å². The van der Waals surface area contributed by atoms with Gasteiger partial charge in [-0.05, 0) is 30.3 Å². The topological polar surface area (TPSA) is 163 Å². The molecule has 242 valence electrons. The number of imidazole rings is 1. The summed E-state index contributed by atoms with van der Waals surface area (Å²) in [6.45, 7) is 0.612. The highest BCUT2D eigenvalue weighted by Gasteiger charge is 2.38. The number of anilines is 3. The minimum absolute atomic E-state index is 0.337. The van der Waals surface area contributed by atoms with Crippen molar-refractivity contribution in [1.29, 1.82) is 0 Å². The molecule has 2 amide bonds. The van der Waals surface area contributed by atoms with E-state index in [2.05, 4.69) is 41.0 Å². The predicted molar refractivity (Wildman–Crippen MR) is 150 cm³/mol. The van der Waals surface area contributed by atoms with Crippen LogP contribution in [0.5, 0.6) is 0 Å². The number of carboxylic acids is 1. The number of alkyl halides is 6. The number of nitrogens with one attached hydrogen (secondary N) is 4. The lowest BCUT2D eigenvalue weighted by atomic mass is 10.1. The minimum Gasteiger partial charge on any atom is -0.475 e. The summed E-state index contributed by atoms with van der Waals surface area (Å²) in [6, 6.07) is 7.47. The van der Waals surface area contributed by atoms with Gasteiger partial charge in [-0.1, -0.05) is 12.1 Å². The molecular weight excluding hydrogens is 631 g/mol. The van der Waals surface area contributed by atoms with Gasteiger partial charge < -0.3 is 26.0 Å². The van der Waals surface area contributed by atoms with Crippen molar-refractivity contribution in [3.63, 3.8) is 0 Å². The van der Waals surface area contributed by atoms with Crippen LogP contribution in [0.4, 0.5) is 52.9 Å². The van der Waals surface area contributed by atoms with Crippen molar-refractivity contribution >= 4 is 40.4 Å². The molecule has 12 nitrogen and oxygen atoms in total. The van der Waals surface area contributed by atoms with Gasteiger partial charge in [0.2, 0.25) is 5.95 Å². The number of hydrogen-bond donors (Lipinski definition) is 5. The largest absolute Gasteiger partial charge is 0.490 e. The van der Waals surface area contributed by atoms with Gasteiger partial charge in [0.25, 0.3) is 0 Å². The van der Waals surface area contributed by atoms with E-state index >= 15 is 0 Å². The van der Waals surface area contributed by atoms with Gasteiger partial charge >= 0.3 is 24.4 Å². The van der Waals surface area contributed by atoms with Crippen LogP contribution in [0.15, 0.2) is 61.2 Å². The summed E-state index contributed by atoms with van der Waals surface area (Å²) >= 11 is 0. The van der Waals surface area contributed by atoms with Crippen LogP contribution in [-0.2, 0) is 24.4 Å². The first kappa shape index (κ1) is 33.1. The Labute approximate surface area is 253 Å². The number of rotatable bonds is 7. The van der Waals surface area contributed by atoms with Crippen LogP contribution < -0.4 is 16.0 Å². The molecule has 0 aliphatic heterocycles. The molecule has 5 N–H and O–H groups in total. The van der Waals surface area contributed by atoms with Crippen LogP contribution in [0.25, 0.3) is 22.3 Å². The van der Waals surface area contributed by atoms with Gasteiger partial charge in [0.1, 0.15) is 11.5 Å². The van der Waals surface area contributed by atoms with Gasteiger partial charge in [-0.3, -0.25) is 0 Å². The van der Waals surface area contributed by atoms with Crippen LogP contribution in [-0.4, -0.2) is 59.5 Å². The summed E-state index contributed by atoms with van der Waals surface area (Å²) in [4.78, 5) is 37.1. The third-order valence-corrected chi connectivity index (χ3v) is 6.01. The van der Waals surface area contributed by atoms with E-state index in [0.29, 0.717) is 47.7 Å². The van der Waals surface area contributed by atoms with Gasteiger partial charge in [-0.15, -0.1) is 0 Å². The number of aliphatic carboxylic acids is 1. The molecule has 0 unspecified atom stereocenters. The molecule has 0 aliphatic rings. The molecule has 0 saturated heterocycles. The Morgan fingerprint density at radius 1 is 1.00 bits per heavy atom. The number of carboxylic acid groups (broad SMARTS) is 1. The molecule has 19 heteroatoms. The summed E-state index contributed by atoms with van der Waals surface area (Å²) in [5.74, 6) is -3.29. The molecule has 3 aromatic heterocycles. The Morgan fingerprint density at radius 3 is 2.30 bits per heavy atom. The molecule has 0 spiro atoms. The Bertz CT molecular complexity index is 1820. The van der Waals surface area contributed by atoms with Gasteiger partial charge in [0.15, 0.2) is 5.65 Å². The highest BCUT2D eigenvalue weighted by molar-refractivity contribution is 6.00. The van der Waals surface area contributed by atoms with E-state index in [1.54, 1.807) is 54.7 Å². The van der Waals surface area contributed by atoms with Crippen LogP contribution in [0, 0.1) is 5.82 Å². The highest BCUT2D eigenvalue weighted by atomic mass is 19.4. The normalized spacial score (nSPS) is 11.5. The van der Waals surface area contributed by atoms with Gasteiger partial charge in [0.05, 0.1) is 23.0 Å². The average Bonchev–Trinajstić information content (AvgIpc) is 3.62. The summed E-state index contributed by atoms with van der Waals surface area (Å²) in [6.07, 6.45) is -3.98. The monoisotopic (exact) mass is 653 g/mol. The zero-order chi connectivity index (χ0) is 33.6. The Kier molecular flexibility index (Phi) is 9.72. The molecule has 0 aliphatic carbocycles. The third kappa shape index (κ3) is 8.45. The van der Waals surface area contributed by atoms with E-state index in [-0.39, 0.29) is 0 Å². The van der Waals surface area contributed by atoms with Crippen molar-refractivity contribution in [2.24, 2.45) is 7.05 Å². The molecule has 3 heterocycles. The Hall–Kier alpha value is -5.75. The standard InChI is InChI=1S/C25H21F4N9O.C2HF3O2/c1-38-22-18(12-32-23(36-22)31-9-8-17-11-30-13-33-17)21(37-38)14-2-5-16(6-3-14)34-24(39)35-20-10-15(25(27,28)29)4-7-19(20)26;3-2(4,5)1(6)7/h2-7,10-13H,8-9H2,1H3,(H,30,33)(H,31,32,36)(H2,34,35,39);(H,6,7). The molecule has 0 saturated carbocycles. The van der Waals surface area contributed by atoms with Crippen LogP contribution >= 0.6 is 0 Å². The van der Waals surface area contributed by atoms with E-state index in [0.717, 1.165) is 23.1 Å². The lowest BCUT2D eigenvalue weighted by Crippen LogP contribution is -2.21. The Balaban J connectivity index is 0.000000617. The number of urea groups is 1. The molecule has 2 aromatic carbocycles. The maximum atomic E-state index is 13.9. The summed E-state index contributed by atoms with van der Waals surface area (Å²) in [7, 11) is 1.76. The third-order valence-electron chi connectivity index (χ3n) is 6.01. The molecule has 0 fully saturated rings. The number of halogens is 7. The predicted octanol–water partition coefficient (Wildman–Crippen LogP) is 5.84. The summed E-state index contributed by atoms with van der Waals surface area (Å²) in [5.41, 5.74) is 1.63. The van der Waals surface area contributed by atoms with E-state index in [4.69, 9.17) is 9.90 Å². The fourth-order valence-corrected chi connectivity index (χ4v) is 3.86. The van der Waals surface area contributed by atoms with Crippen LogP contribution in [0.1, 0.15) is 11.3 Å². The van der Waals surface area contributed by atoms with Gasteiger partial charge in [0, 0.05) is 49.4 Å². The minimum atomic E-state index is -5.08. The SMILES string of the molecule is Cn1nc(-c2ccc(NC(=O)Nc3cc(C(F)(F)F)ccc3F)cc2)c2cnc(NCCc3cnc[nH]3)nc21.O=C(O)C(F)(F)F. The van der Waals surface area contributed by atoms with E-state index in [1.807, 2.05) is 0 Å². The summed E-state index contributed by atoms with van der Waals surface area (Å²) in [5, 5.41) is 20.1. The van der Waals surface area contributed by atoms with Gasteiger partial charge in [-0.2, -0.15) is 36.4 Å². The lowest BCUT2D eigenvalue weighted by molar-refractivity contribution is -0.192. The molecular formula is C27H22F7N9O3. The second kappa shape index (κ2) is 13.5. The molecule has 0 bridgehead atoms. The molecule has 0 radical (unpaired) electrons. The van der Waals surface area contributed by atoms with E-state index < -0.39 is 41.4 Å². The zero-order valence-corrected chi connectivity index (χ0v) is 23.3. The van der Waals surface area contributed by atoms with E-state index in [1.165, 1.54) is 0 Å². The summed E-state index contributed by atoms with van der Waals surface area (Å²) < 4.78 is 86.0. The maximum absolute atomic E-state index is 13.9. The number of amides is 2. The molecule has 5 rings (SSSR count). The van der Waals surface area contributed by atoms with Crippen molar-refractivity contribution in [1.82, 2.24) is 29.7 Å². The zero-order valence-electron chi connectivity index (χ0n) is 23.3. The number of H-pyrrole nitrogens is 1. The first-order chi connectivity index (χ1) is 21.6. The van der Waals surface area contributed by atoms with Crippen molar-refractivity contribution < 1.29 is 45.4 Å². The average molecular weight is 654 g/mol. The number of hydrogen-bond acceptors (Lipinski definition) is 7. The first-order valence-electron chi connectivity index (χ1n) is 12.9. The number of aromatic amines is 1. The van der Waals surface area contributed by atoms with E-state index in [9.17, 15) is 35.5 Å². The second-order valence-corrected chi connectivity index (χ2v) is 9.31. The van der Waals surface area contributed by atoms with Crippen molar-refractivity contribution in [3.05, 3.63) is 78.3 Å². The quantitative estimate of drug-likeness (QED) is 0.137. The first-order valence-corrected chi connectivity index (χ1v) is 12.9. The number of nitrogens with zero attached hydrogens (tertiary/aromatic N) is 5. The lowest BCUT2D eigenvalue weighted by Gasteiger charge is -2.12.